The van der Waals surface area contributed by atoms with Gasteiger partial charge in [-0.1, -0.05) is 0 Å². The summed E-state index contributed by atoms with van der Waals surface area (Å²) in [5.41, 5.74) is 2.24. The highest BCUT2D eigenvalue weighted by Crippen LogP contribution is 2.31. The number of hydrogen-bond acceptors (Lipinski definition) is 6. The summed E-state index contributed by atoms with van der Waals surface area (Å²) in [5.74, 6) is -0.987. The molecule has 0 saturated carbocycles. The second kappa shape index (κ2) is 7.70. The van der Waals surface area contributed by atoms with Crippen molar-refractivity contribution in [1.29, 1.82) is 0 Å². The number of nitrogens with zero attached hydrogens (tertiary/aromatic N) is 2. The number of benzene rings is 1. The number of nitrogens with one attached hydrogen (secondary N) is 1. The normalized spacial score (nSPS) is 17.5. The lowest BCUT2D eigenvalue weighted by molar-refractivity contribution is -0.137. The largest absolute Gasteiger partial charge is 0.395 e. The number of β-amino-alcohol motifs (C(OH)–C–C–N with tert-alkyl or cyclic N) is 1. The van der Waals surface area contributed by atoms with Gasteiger partial charge in [0.2, 0.25) is 0 Å². The number of amides is 2. The number of carbonyl (C=O) groups is 3. The van der Waals surface area contributed by atoms with Gasteiger partial charge in [0.1, 0.15) is 5.70 Å². The van der Waals surface area contributed by atoms with Gasteiger partial charge in [-0.2, -0.15) is 0 Å². The summed E-state index contributed by atoms with van der Waals surface area (Å²) in [4.78, 5) is 39.3. The monoisotopic (exact) mass is 357 g/mol. The van der Waals surface area contributed by atoms with E-state index in [1.54, 1.807) is 12.1 Å². The lowest BCUT2D eigenvalue weighted by Crippen LogP contribution is -2.34. The molecule has 0 spiro atoms. The Morgan fingerprint density at radius 2 is 1.92 bits per heavy atom. The molecule has 1 fully saturated rings. The van der Waals surface area contributed by atoms with Gasteiger partial charge >= 0.3 is 0 Å². The third-order valence-corrected chi connectivity index (χ3v) is 4.70. The molecule has 0 aliphatic carbocycles. The summed E-state index contributed by atoms with van der Waals surface area (Å²) < 4.78 is 0. The molecule has 0 radical (unpaired) electrons. The molecule has 2 amide bonds. The topological polar surface area (TPSA) is 90.0 Å². The lowest BCUT2D eigenvalue weighted by atomic mass is 10.1. The Kier molecular flexibility index (Phi) is 5.37. The molecule has 0 aromatic heterocycles. The Balaban J connectivity index is 1.91. The highest BCUT2D eigenvalue weighted by molar-refractivity contribution is 6.17. The predicted molar refractivity (Wildman–Crippen MR) is 98.0 cm³/mol. The molecule has 0 bridgehead atoms. The van der Waals surface area contributed by atoms with Crippen LogP contribution in [0.25, 0.3) is 0 Å². The van der Waals surface area contributed by atoms with Crippen molar-refractivity contribution in [2.75, 3.05) is 36.5 Å². The smallest absolute Gasteiger partial charge is 0.277 e. The maximum Gasteiger partial charge on any atom is 0.277 e. The molecule has 2 aliphatic heterocycles. The first-order chi connectivity index (χ1) is 12.5. The zero-order valence-electron chi connectivity index (χ0n) is 14.8. The van der Waals surface area contributed by atoms with E-state index in [9.17, 15) is 14.4 Å². The van der Waals surface area contributed by atoms with E-state index in [0.29, 0.717) is 11.3 Å². The Bertz CT molecular complexity index is 766. The van der Waals surface area contributed by atoms with Gasteiger partial charge in [-0.05, 0) is 44.4 Å². The first kappa shape index (κ1) is 18.1. The van der Waals surface area contributed by atoms with Crippen LogP contribution in [0.4, 0.5) is 11.4 Å². The molecule has 0 atom stereocenters. The van der Waals surface area contributed by atoms with Crippen molar-refractivity contribution >= 4 is 29.0 Å². The molecule has 2 aliphatic rings. The molecule has 1 saturated heterocycles. The molecular formula is C19H23N3O4. The standard InChI is InChI=1S/C19H23N3O4/c1-13(24)14-5-6-17(21-7-3-2-4-8-21)15(11-14)20-16-12-18(25)22(9-10-23)19(16)26/h5-6,11-12,20,23H,2-4,7-10H2,1H3. The number of aliphatic hydroxyl groups is 1. The summed E-state index contributed by atoms with van der Waals surface area (Å²) >= 11 is 0. The van der Waals surface area contributed by atoms with Crippen LogP contribution in [0.3, 0.4) is 0 Å². The van der Waals surface area contributed by atoms with Crippen LogP contribution in [0.15, 0.2) is 30.0 Å². The van der Waals surface area contributed by atoms with E-state index in [2.05, 4.69) is 10.2 Å². The van der Waals surface area contributed by atoms with Crippen molar-refractivity contribution in [1.82, 2.24) is 4.90 Å². The fourth-order valence-electron chi connectivity index (χ4n) is 3.32. The van der Waals surface area contributed by atoms with Crippen LogP contribution in [0.5, 0.6) is 0 Å². The molecule has 1 aromatic rings. The van der Waals surface area contributed by atoms with Crippen LogP contribution in [0.1, 0.15) is 36.5 Å². The van der Waals surface area contributed by atoms with Crippen LogP contribution >= 0.6 is 0 Å². The molecule has 26 heavy (non-hydrogen) atoms. The van der Waals surface area contributed by atoms with Crippen molar-refractivity contribution in [3.05, 3.63) is 35.5 Å². The summed E-state index contributed by atoms with van der Waals surface area (Å²) in [7, 11) is 0. The number of imide groups is 1. The maximum atomic E-state index is 12.4. The van der Waals surface area contributed by atoms with Gasteiger partial charge in [-0.25, -0.2) is 0 Å². The molecule has 2 heterocycles. The molecule has 7 nitrogen and oxygen atoms in total. The van der Waals surface area contributed by atoms with Gasteiger partial charge in [-0.3, -0.25) is 19.3 Å². The number of rotatable bonds is 6. The first-order valence-electron chi connectivity index (χ1n) is 8.86. The zero-order valence-corrected chi connectivity index (χ0v) is 14.8. The van der Waals surface area contributed by atoms with E-state index in [1.165, 1.54) is 19.4 Å². The number of ketones is 1. The molecule has 138 valence electrons. The third kappa shape index (κ3) is 3.62. The van der Waals surface area contributed by atoms with Gasteiger partial charge in [0, 0.05) is 24.7 Å². The Hall–Kier alpha value is -2.67. The number of hydrogen-bond donors (Lipinski definition) is 2. The second-order valence-corrected chi connectivity index (χ2v) is 6.54. The number of piperidine rings is 1. The van der Waals surface area contributed by atoms with E-state index in [0.717, 1.165) is 36.5 Å². The second-order valence-electron chi connectivity index (χ2n) is 6.54. The highest BCUT2D eigenvalue weighted by atomic mass is 16.3. The summed E-state index contributed by atoms with van der Waals surface area (Å²) in [6, 6.07) is 5.39. The van der Waals surface area contributed by atoms with Gasteiger partial charge in [0.25, 0.3) is 11.8 Å². The Morgan fingerprint density at radius 3 is 2.58 bits per heavy atom. The van der Waals surface area contributed by atoms with E-state index in [1.807, 2.05) is 6.07 Å². The quantitative estimate of drug-likeness (QED) is 0.593. The van der Waals surface area contributed by atoms with E-state index in [4.69, 9.17) is 5.11 Å². The van der Waals surface area contributed by atoms with Crippen LogP contribution in [0.2, 0.25) is 0 Å². The SMILES string of the molecule is CC(=O)c1ccc(N2CCCCC2)c(NC2=CC(=O)N(CCO)C2=O)c1. The zero-order chi connectivity index (χ0) is 18.7. The summed E-state index contributed by atoms with van der Waals surface area (Å²) in [6.07, 6.45) is 4.62. The molecule has 7 heteroatoms. The van der Waals surface area contributed by atoms with Crippen molar-refractivity contribution in [3.63, 3.8) is 0 Å². The van der Waals surface area contributed by atoms with Crippen molar-refractivity contribution in [2.24, 2.45) is 0 Å². The number of anilines is 2. The van der Waals surface area contributed by atoms with Crippen LogP contribution in [0, 0.1) is 0 Å². The maximum absolute atomic E-state index is 12.4. The van der Waals surface area contributed by atoms with E-state index >= 15 is 0 Å². The van der Waals surface area contributed by atoms with Gasteiger partial charge in [-0.15, -0.1) is 0 Å². The van der Waals surface area contributed by atoms with Gasteiger partial charge in [0.15, 0.2) is 5.78 Å². The Morgan fingerprint density at radius 1 is 1.19 bits per heavy atom. The van der Waals surface area contributed by atoms with Gasteiger partial charge < -0.3 is 15.3 Å². The minimum absolute atomic E-state index is 0.0359. The fourth-order valence-corrected chi connectivity index (χ4v) is 3.32. The molecule has 1 aromatic carbocycles. The number of carbonyl (C=O) groups excluding carboxylic acids is 3. The Labute approximate surface area is 152 Å². The summed E-state index contributed by atoms with van der Waals surface area (Å²) in [6.45, 7) is 3.00. The van der Waals surface area contributed by atoms with Crippen LogP contribution in [-0.2, 0) is 9.59 Å². The average molecular weight is 357 g/mol. The minimum atomic E-state index is -0.470. The third-order valence-electron chi connectivity index (χ3n) is 4.70. The molecule has 0 unspecified atom stereocenters. The number of Topliss-reactive ketones (excluding diaryl/α,β-unsaturated/α-hetero) is 1. The van der Waals surface area contributed by atoms with Gasteiger partial charge in [0.05, 0.1) is 24.5 Å². The molecule has 2 N–H and O–H groups in total. The summed E-state index contributed by atoms with van der Waals surface area (Å²) in [5, 5.41) is 12.1. The van der Waals surface area contributed by atoms with Crippen molar-refractivity contribution in [3.8, 4) is 0 Å². The highest BCUT2D eigenvalue weighted by Gasteiger charge is 2.31. The van der Waals surface area contributed by atoms with Crippen LogP contribution in [-0.4, -0.2) is 53.8 Å². The van der Waals surface area contributed by atoms with Crippen molar-refractivity contribution < 1.29 is 19.5 Å². The van der Waals surface area contributed by atoms with E-state index in [-0.39, 0.29) is 24.6 Å². The predicted octanol–water partition coefficient (Wildman–Crippen LogP) is 1.54. The first-order valence-corrected chi connectivity index (χ1v) is 8.86. The molecule has 3 rings (SSSR count). The molecular weight excluding hydrogens is 334 g/mol. The van der Waals surface area contributed by atoms with Crippen molar-refractivity contribution in [2.45, 2.75) is 26.2 Å². The minimum Gasteiger partial charge on any atom is -0.395 e. The average Bonchev–Trinajstić information content (AvgIpc) is 2.90. The number of aliphatic hydroxyl groups excluding tert-OH is 1. The fraction of sp³-hybridized carbons (Fsp3) is 0.421. The van der Waals surface area contributed by atoms with E-state index < -0.39 is 11.8 Å². The van der Waals surface area contributed by atoms with Crippen LogP contribution < -0.4 is 10.2 Å². The lowest BCUT2D eigenvalue weighted by Gasteiger charge is -2.31.